The highest BCUT2D eigenvalue weighted by Crippen LogP contribution is 2.33. The van der Waals surface area contributed by atoms with Gasteiger partial charge < -0.3 is 9.47 Å². The summed E-state index contributed by atoms with van der Waals surface area (Å²) in [6.45, 7) is 12.4. The van der Waals surface area contributed by atoms with Crippen LogP contribution in [0.15, 0.2) is 30.3 Å². The van der Waals surface area contributed by atoms with E-state index in [1.54, 1.807) is 0 Å². The second-order valence-electron chi connectivity index (χ2n) is 7.70. The number of hydrogen-bond donors (Lipinski definition) is 0. The van der Waals surface area contributed by atoms with Crippen molar-refractivity contribution >= 4 is 8.07 Å². The van der Waals surface area contributed by atoms with E-state index >= 15 is 0 Å². The maximum atomic E-state index is 6.31. The lowest BCUT2D eigenvalue weighted by Gasteiger charge is -2.25. The molecule has 1 aliphatic heterocycles. The molecule has 1 heterocycles. The van der Waals surface area contributed by atoms with Crippen molar-refractivity contribution in [1.82, 2.24) is 0 Å². The van der Waals surface area contributed by atoms with Crippen LogP contribution < -0.4 is 0 Å². The van der Waals surface area contributed by atoms with Crippen molar-refractivity contribution in [2.24, 2.45) is 5.92 Å². The van der Waals surface area contributed by atoms with Crippen LogP contribution in [0.1, 0.15) is 25.8 Å². The summed E-state index contributed by atoms with van der Waals surface area (Å²) < 4.78 is 12.4. The highest BCUT2D eigenvalue weighted by Gasteiger charge is 2.37. The molecule has 2 nitrogen and oxygen atoms in total. The van der Waals surface area contributed by atoms with Crippen LogP contribution in [-0.2, 0) is 16.1 Å². The van der Waals surface area contributed by atoms with E-state index in [1.165, 1.54) is 18.0 Å². The SMILES string of the molecule is CC(OCc1ccccc1)[C@H]1O[C@@H](C[Si](C)(C)C)C[C@@H]1C. The Hall–Kier alpha value is -0.643. The molecule has 0 aliphatic carbocycles. The smallest absolute Gasteiger partial charge is 0.0864 e. The molecule has 0 N–H and O–H groups in total. The van der Waals surface area contributed by atoms with Crippen LogP contribution in [0.4, 0.5) is 0 Å². The van der Waals surface area contributed by atoms with Gasteiger partial charge >= 0.3 is 0 Å². The van der Waals surface area contributed by atoms with Crippen molar-refractivity contribution in [2.45, 2.75) is 70.9 Å². The summed E-state index contributed by atoms with van der Waals surface area (Å²) in [6, 6.07) is 11.6. The zero-order valence-corrected chi connectivity index (χ0v) is 15.1. The molecule has 0 bridgehead atoms. The highest BCUT2D eigenvalue weighted by atomic mass is 28.3. The highest BCUT2D eigenvalue weighted by molar-refractivity contribution is 6.76. The normalized spacial score (nSPS) is 27.8. The van der Waals surface area contributed by atoms with Crippen LogP contribution in [0.5, 0.6) is 0 Å². The van der Waals surface area contributed by atoms with Gasteiger partial charge in [-0.1, -0.05) is 56.9 Å². The minimum absolute atomic E-state index is 0.159. The molecule has 1 saturated heterocycles. The molecule has 1 aromatic carbocycles. The van der Waals surface area contributed by atoms with E-state index in [9.17, 15) is 0 Å². The first-order valence-corrected chi connectivity index (χ1v) is 11.9. The third-order valence-electron chi connectivity index (χ3n) is 4.20. The third-order valence-corrected chi connectivity index (χ3v) is 5.88. The fourth-order valence-electron chi connectivity index (χ4n) is 3.25. The van der Waals surface area contributed by atoms with Crippen LogP contribution >= 0.6 is 0 Å². The number of benzene rings is 1. The van der Waals surface area contributed by atoms with Gasteiger partial charge in [0.1, 0.15) is 0 Å². The summed E-state index contributed by atoms with van der Waals surface area (Å²) >= 11 is 0. The van der Waals surface area contributed by atoms with E-state index in [1.807, 2.05) is 6.07 Å². The Balaban J connectivity index is 1.83. The molecule has 1 aromatic rings. The van der Waals surface area contributed by atoms with Gasteiger partial charge in [0.15, 0.2) is 0 Å². The molecule has 1 aliphatic rings. The maximum absolute atomic E-state index is 6.31. The summed E-state index contributed by atoms with van der Waals surface area (Å²) in [5.41, 5.74) is 1.23. The first kappa shape index (κ1) is 16.7. The number of ether oxygens (including phenoxy) is 2. The van der Waals surface area contributed by atoms with Crippen LogP contribution in [0, 0.1) is 5.92 Å². The van der Waals surface area contributed by atoms with Gasteiger partial charge in [-0.05, 0) is 30.9 Å². The van der Waals surface area contributed by atoms with Gasteiger partial charge in [-0.2, -0.15) is 0 Å². The summed E-state index contributed by atoms with van der Waals surface area (Å²) in [5.74, 6) is 0.595. The van der Waals surface area contributed by atoms with E-state index in [0.717, 1.165) is 0 Å². The molecule has 1 fully saturated rings. The first-order chi connectivity index (χ1) is 9.85. The molecule has 0 radical (unpaired) electrons. The predicted molar refractivity (Wildman–Crippen MR) is 91.3 cm³/mol. The molecular weight excluding hydrogens is 276 g/mol. The lowest BCUT2D eigenvalue weighted by molar-refractivity contribution is -0.0729. The average Bonchev–Trinajstić information content (AvgIpc) is 2.76. The van der Waals surface area contributed by atoms with Crippen molar-refractivity contribution in [3.05, 3.63) is 35.9 Å². The van der Waals surface area contributed by atoms with E-state index in [4.69, 9.17) is 9.47 Å². The van der Waals surface area contributed by atoms with Gasteiger partial charge in [-0.3, -0.25) is 0 Å². The Labute approximate surface area is 130 Å². The van der Waals surface area contributed by atoms with Crippen LogP contribution in [0.25, 0.3) is 0 Å². The quantitative estimate of drug-likeness (QED) is 0.708. The second kappa shape index (κ2) is 7.08. The zero-order valence-electron chi connectivity index (χ0n) is 14.1. The lowest BCUT2D eigenvalue weighted by atomic mass is 9.99. The van der Waals surface area contributed by atoms with Crippen molar-refractivity contribution in [1.29, 1.82) is 0 Å². The Morgan fingerprint density at radius 3 is 2.52 bits per heavy atom. The Morgan fingerprint density at radius 1 is 1.24 bits per heavy atom. The molecular formula is C18H30O2Si. The maximum Gasteiger partial charge on any atom is 0.0864 e. The summed E-state index contributed by atoms with van der Waals surface area (Å²) in [4.78, 5) is 0. The van der Waals surface area contributed by atoms with Gasteiger partial charge in [0.25, 0.3) is 0 Å². The molecule has 0 amide bonds. The van der Waals surface area contributed by atoms with Gasteiger partial charge in [0.2, 0.25) is 0 Å². The molecule has 0 aromatic heterocycles. The monoisotopic (exact) mass is 306 g/mol. The van der Waals surface area contributed by atoms with Crippen molar-refractivity contribution in [3.8, 4) is 0 Å². The van der Waals surface area contributed by atoms with Crippen LogP contribution in [0.3, 0.4) is 0 Å². The molecule has 21 heavy (non-hydrogen) atoms. The van der Waals surface area contributed by atoms with E-state index in [2.05, 4.69) is 57.8 Å². The van der Waals surface area contributed by atoms with Crippen molar-refractivity contribution < 1.29 is 9.47 Å². The minimum atomic E-state index is -1.05. The largest absolute Gasteiger partial charge is 0.372 e. The average molecular weight is 307 g/mol. The summed E-state index contributed by atoms with van der Waals surface area (Å²) in [5, 5.41) is 0. The van der Waals surface area contributed by atoms with Gasteiger partial charge in [-0.25, -0.2) is 0 Å². The lowest BCUT2D eigenvalue weighted by Crippen LogP contribution is -2.32. The molecule has 0 spiro atoms. The molecule has 118 valence electrons. The number of hydrogen-bond acceptors (Lipinski definition) is 2. The van der Waals surface area contributed by atoms with E-state index in [0.29, 0.717) is 18.6 Å². The standard InChI is InChI=1S/C18H30O2Si/c1-14-11-17(13-21(3,4)5)20-18(14)15(2)19-12-16-9-7-6-8-10-16/h6-10,14-15,17-18H,11-13H2,1-5H3/t14-,15?,17+,18-/m0/s1. The zero-order chi connectivity index (χ0) is 15.5. The van der Waals surface area contributed by atoms with E-state index in [-0.39, 0.29) is 12.2 Å². The first-order valence-electron chi connectivity index (χ1n) is 8.16. The summed E-state index contributed by atoms with van der Waals surface area (Å²) in [6.07, 6.45) is 2.04. The number of rotatable bonds is 6. The minimum Gasteiger partial charge on any atom is -0.372 e. The van der Waals surface area contributed by atoms with Gasteiger partial charge in [0.05, 0.1) is 24.9 Å². The van der Waals surface area contributed by atoms with Crippen LogP contribution in [0.2, 0.25) is 25.7 Å². The molecule has 1 unspecified atom stereocenters. The van der Waals surface area contributed by atoms with Gasteiger partial charge in [-0.15, -0.1) is 0 Å². The topological polar surface area (TPSA) is 18.5 Å². The molecule has 3 heteroatoms. The van der Waals surface area contributed by atoms with Crippen molar-refractivity contribution in [2.75, 3.05) is 0 Å². The molecule has 4 atom stereocenters. The Morgan fingerprint density at radius 2 is 1.90 bits per heavy atom. The molecule has 2 rings (SSSR count). The van der Waals surface area contributed by atoms with E-state index < -0.39 is 8.07 Å². The molecule has 0 saturated carbocycles. The summed E-state index contributed by atoms with van der Waals surface area (Å²) in [7, 11) is -1.05. The Bertz CT molecular complexity index is 427. The third kappa shape index (κ3) is 5.24. The van der Waals surface area contributed by atoms with Crippen molar-refractivity contribution in [3.63, 3.8) is 0 Å². The Kier molecular flexibility index (Phi) is 5.64. The fourth-order valence-corrected chi connectivity index (χ4v) is 4.87. The predicted octanol–water partition coefficient (Wildman–Crippen LogP) is 4.72. The van der Waals surface area contributed by atoms with Crippen LogP contribution in [-0.4, -0.2) is 26.4 Å². The van der Waals surface area contributed by atoms with Gasteiger partial charge in [0, 0.05) is 8.07 Å². The fraction of sp³-hybridized carbons (Fsp3) is 0.667. The second-order valence-corrected chi connectivity index (χ2v) is 13.2.